The Balaban J connectivity index is 1.79. The highest BCUT2D eigenvalue weighted by atomic mass is 16.5. The number of amides is 2. The minimum Gasteiger partial charge on any atom is -0.395 e. The van der Waals surface area contributed by atoms with Gasteiger partial charge in [0.1, 0.15) is 5.70 Å². The number of carbonyl (C=O) groups is 2. The number of imide groups is 1. The highest BCUT2D eigenvalue weighted by Gasteiger charge is 2.30. The summed E-state index contributed by atoms with van der Waals surface area (Å²) in [5.41, 5.74) is 1.48. The molecular weight excluding hydrogens is 312 g/mol. The first kappa shape index (κ1) is 15.9. The second kappa shape index (κ2) is 6.63. The summed E-state index contributed by atoms with van der Waals surface area (Å²) in [7, 11) is 0. The Hall–Kier alpha value is -3.00. The molecule has 1 aliphatic rings. The Morgan fingerprint density at radius 3 is 2.88 bits per heavy atom. The molecule has 2 heterocycles. The van der Waals surface area contributed by atoms with Crippen molar-refractivity contribution in [3.05, 3.63) is 41.9 Å². The van der Waals surface area contributed by atoms with Crippen molar-refractivity contribution in [1.29, 1.82) is 0 Å². The summed E-state index contributed by atoms with van der Waals surface area (Å²) in [5.74, 6) is 0.0881. The number of β-amino-alcohol motifs (C(OH)–C–C–N with tert-alkyl or cyclic N) is 1. The van der Waals surface area contributed by atoms with E-state index in [2.05, 4.69) is 15.5 Å². The number of benzene rings is 1. The predicted molar refractivity (Wildman–Crippen MR) is 84.6 cm³/mol. The van der Waals surface area contributed by atoms with Gasteiger partial charge in [-0.05, 0) is 18.2 Å². The second-order valence-electron chi connectivity index (χ2n) is 5.15. The zero-order chi connectivity index (χ0) is 17.1. The van der Waals surface area contributed by atoms with Gasteiger partial charge in [-0.25, -0.2) is 0 Å². The van der Waals surface area contributed by atoms with Crippen LogP contribution < -0.4 is 5.32 Å². The van der Waals surface area contributed by atoms with Gasteiger partial charge in [0, 0.05) is 23.7 Å². The summed E-state index contributed by atoms with van der Waals surface area (Å²) in [6, 6.07) is 7.10. The van der Waals surface area contributed by atoms with Gasteiger partial charge in [-0.1, -0.05) is 18.1 Å². The van der Waals surface area contributed by atoms with Gasteiger partial charge in [0.05, 0.1) is 13.2 Å². The Labute approximate surface area is 137 Å². The maximum absolute atomic E-state index is 12.1. The molecule has 8 nitrogen and oxygen atoms in total. The Morgan fingerprint density at radius 1 is 1.33 bits per heavy atom. The largest absolute Gasteiger partial charge is 0.395 e. The average Bonchev–Trinajstić information content (AvgIpc) is 3.16. The molecule has 0 saturated carbocycles. The predicted octanol–water partition coefficient (Wildman–Crippen LogP) is 0.956. The number of aryl methyl sites for hydroxylation is 1. The van der Waals surface area contributed by atoms with E-state index >= 15 is 0 Å². The van der Waals surface area contributed by atoms with Crippen LogP contribution in [-0.2, 0) is 16.0 Å². The molecule has 2 amide bonds. The number of anilines is 1. The molecular formula is C16H16N4O4. The number of nitrogens with zero attached hydrogens (tertiary/aromatic N) is 3. The topological polar surface area (TPSA) is 109 Å². The van der Waals surface area contributed by atoms with Gasteiger partial charge in [0.2, 0.25) is 0 Å². The van der Waals surface area contributed by atoms with Crippen LogP contribution in [0, 0.1) is 0 Å². The Morgan fingerprint density at radius 2 is 2.17 bits per heavy atom. The molecule has 0 radical (unpaired) electrons. The minimum absolute atomic E-state index is 0.0266. The van der Waals surface area contributed by atoms with Crippen LogP contribution >= 0.6 is 0 Å². The molecule has 1 aromatic carbocycles. The maximum Gasteiger partial charge on any atom is 0.277 e. The number of aliphatic hydroxyl groups excluding tert-OH is 1. The molecule has 1 aliphatic heterocycles. The number of hydrogen-bond acceptors (Lipinski definition) is 7. The normalized spacial score (nSPS) is 14.2. The summed E-state index contributed by atoms with van der Waals surface area (Å²) in [4.78, 5) is 29.1. The van der Waals surface area contributed by atoms with Crippen LogP contribution in [0.3, 0.4) is 0 Å². The maximum atomic E-state index is 12.1. The van der Waals surface area contributed by atoms with E-state index in [9.17, 15) is 9.59 Å². The molecule has 3 rings (SSSR count). The molecule has 2 N–H and O–H groups in total. The van der Waals surface area contributed by atoms with Crippen molar-refractivity contribution in [2.75, 3.05) is 18.5 Å². The van der Waals surface area contributed by atoms with Crippen molar-refractivity contribution in [1.82, 2.24) is 15.0 Å². The molecule has 2 aromatic rings. The van der Waals surface area contributed by atoms with Gasteiger partial charge in [0.25, 0.3) is 17.7 Å². The quantitative estimate of drug-likeness (QED) is 0.760. The molecule has 0 aliphatic carbocycles. The third kappa shape index (κ3) is 3.04. The first-order valence-electron chi connectivity index (χ1n) is 7.50. The fourth-order valence-electron chi connectivity index (χ4n) is 2.31. The second-order valence-corrected chi connectivity index (χ2v) is 5.15. The van der Waals surface area contributed by atoms with Crippen LogP contribution in [0.4, 0.5) is 5.69 Å². The molecule has 0 spiro atoms. The van der Waals surface area contributed by atoms with Gasteiger partial charge >= 0.3 is 0 Å². The van der Waals surface area contributed by atoms with Crippen molar-refractivity contribution in [3.63, 3.8) is 0 Å². The van der Waals surface area contributed by atoms with E-state index in [4.69, 9.17) is 9.63 Å². The van der Waals surface area contributed by atoms with E-state index in [-0.39, 0.29) is 18.8 Å². The van der Waals surface area contributed by atoms with Crippen LogP contribution in [0.5, 0.6) is 0 Å². The highest BCUT2D eigenvalue weighted by molar-refractivity contribution is 6.17. The molecule has 24 heavy (non-hydrogen) atoms. The average molecular weight is 328 g/mol. The fourth-order valence-corrected chi connectivity index (χ4v) is 2.31. The first-order chi connectivity index (χ1) is 11.6. The van der Waals surface area contributed by atoms with Gasteiger partial charge in [0.15, 0.2) is 5.82 Å². The molecule has 0 bridgehead atoms. The molecule has 0 fully saturated rings. The van der Waals surface area contributed by atoms with Gasteiger partial charge in [-0.15, -0.1) is 0 Å². The van der Waals surface area contributed by atoms with Crippen LogP contribution in [0.15, 0.2) is 40.6 Å². The minimum atomic E-state index is -0.467. The standard InChI is InChI=1S/C16H16N4O4/c1-2-13-18-15(24-19-13)10-4-3-5-11(8-10)17-12-9-14(22)20(6-7-21)16(12)23/h3-5,8-9,17,21H,2,6-7H2,1H3. The highest BCUT2D eigenvalue weighted by Crippen LogP contribution is 2.23. The van der Waals surface area contributed by atoms with E-state index in [1.54, 1.807) is 18.2 Å². The van der Waals surface area contributed by atoms with Crippen molar-refractivity contribution >= 4 is 17.5 Å². The number of rotatable bonds is 6. The van der Waals surface area contributed by atoms with Gasteiger partial charge < -0.3 is 14.9 Å². The Bertz CT molecular complexity index is 812. The lowest BCUT2D eigenvalue weighted by Crippen LogP contribution is -2.34. The van der Waals surface area contributed by atoms with Crippen LogP contribution in [-0.4, -0.2) is 45.1 Å². The number of hydrogen-bond donors (Lipinski definition) is 2. The van der Waals surface area contributed by atoms with Crippen molar-refractivity contribution < 1.29 is 19.2 Å². The number of carbonyl (C=O) groups excluding carboxylic acids is 2. The van der Waals surface area contributed by atoms with Gasteiger partial charge in [-0.2, -0.15) is 4.98 Å². The first-order valence-corrected chi connectivity index (χ1v) is 7.50. The molecule has 0 atom stereocenters. The van der Waals surface area contributed by atoms with E-state index in [0.717, 1.165) is 4.90 Å². The fraction of sp³-hybridized carbons (Fsp3) is 0.250. The third-order valence-electron chi connectivity index (χ3n) is 3.51. The summed E-state index contributed by atoms with van der Waals surface area (Å²) in [5, 5.41) is 15.7. The summed E-state index contributed by atoms with van der Waals surface area (Å²) >= 11 is 0. The lowest BCUT2D eigenvalue weighted by Gasteiger charge is -2.13. The van der Waals surface area contributed by atoms with Crippen molar-refractivity contribution in [3.8, 4) is 11.5 Å². The SMILES string of the molecule is CCc1noc(-c2cccc(NC3=CC(=O)N(CCO)C3=O)c2)n1. The summed E-state index contributed by atoms with van der Waals surface area (Å²) < 4.78 is 5.19. The smallest absolute Gasteiger partial charge is 0.277 e. The third-order valence-corrected chi connectivity index (χ3v) is 3.51. The zero-order valence-electron chi connectivity index (χ0n) is 13.0. The lowest BCUT2D eigenvalue weighted by molar-refractivity contribution is -0.137. The van der Waals surface area contributed by atoms with E-state index in [1.807, 2.05) is 13.0 Å². The summed E-state index contributed by atoms with van der Waals surface area (Å²) in [6.07, 6.45) is 1.89. The molecule has 124 valence electrons. The van der Waals surface area contributed by atoms with Crippen LogP contribution in [0.25, 0.3) is 11.5 Å². The molecule has 8 heteroatoms. The van der Waals surface area contributed by atoms with Crippen LogP contribution in [0.2, 0.25) is 0 Å². The number of aromatic nitrogens is 2. The van der Waals surface area contributed by atoms with E-state index < -0.39 is 11.8 Å². The lowest BCUT2D eigenvalue weighted by atomic mass is 10.2. The van der Waals surface area contributed by atoms with Gasteiger partial charge in [-0.3, -0.25) is 14.5 Å². The van der Waals surface area contributed by atoms with E-state index in [0.29, 0.717) is 29.4 Å². The molecule has 1 aromatic heterocycles. The molecule has 0 unspecified atom stereocenters. The van der Waals surface area contributed by atoms with Crippen molar-refractivity contribution in [2.45, 2.75) is 13.3 Å². The Kier molecular flexibility index (Phi) is 4.39. The van der Waals surface area contributed by atoms with E-state index in [1.165, 1.54) is 6.08 Å². The van der Waals surface area contributed by atoms with Crippen LogP contribution in [0.1, 0.15) is 12.7 Å². The van der Waals surface area contributed by atoms with Crippen molar-refractivity contribution in [2.24, 2.45) is 0 Å². The zero-order valence-corrected chi connectivity index (χ0v) is 13.0. The monoisotopic (exact) mass is 328 g/mol. The summed E-state index contributed by atoms with van der Waals surface area (Å²) in [6.45, 7) is 1.63. The molecule has 0 saturated heterocycles. The number of nitrogens with one attached hydrogen (secondary N) is 1. The number of aliphatic hydroxyl groups is 1.